The first kappa shape index (κ1) is 14.9. The largest absolute Gasteiger partial charge is 0.493 e. The number of para-hydroxylation sites is 1. The predicted molar refractivity (Wildman–Crippen MR) is 83.0 cm³/mol. The third kappa shape index (κ3) is 3.42. The second-order valence-electron chi connectivity index (χ2n) is 4.77. The van der Waals surface area contributed by atoms with Crippen LogP contribution in [0.15, 0.2) is 57.7 Å². The van der Waals surface area contributed by atoms with Crippen LogP contribution < -0.4 is 10.1 Å². The van der Waals surface area contributed by atoms with Gasteiger partial charge >= 0.3 is 0 Å². The summed E-state index contributed by atoms with van der Waals surface area (Å²) in [7, 11) is 0. The summed E-state index contributed by atoms with van der Waals surface area (Å²) in [6.45, 7) is 2.63. The highest BCUT2D eigenvalue weighted by atomic mass is 16.5. The van der Waals surface area contributed by atoms with Crippen molar-refractivity contribution in [3.8, 4) is 17.3 Å². The van der Waals surface area contributed by atoms with E-state index >= 15 is 0 Å². The predicted octanol–water partition coefficient (Wildman–Crippen LogP) is 3.26. The SMILES string of the molecule is CCOc1ccccc1C(=O)NCc1cc(-c2ccco2)on1. The third-order valence-electron chi connectivity index (χ3n) is 3.18. The number of aromatic nitrogens is 1. The summed E-state index contributed by atoms with van der Waals surface area (Å²) in [5.74, 6) is 1.45. The summed E-state index contributed by atoms with van der Waals surface area (Å²) >= 11 is 0. The maximum Gasteiger partial charge on any atom is 0.255 e. The lowest BCUT2D eigenvalue weighted by Crippen LogP contribution is -2.23. The first-order valence-electron chi connectivity index (χ1n) is 7.27. The maximum atomic E-state index is 12.3. The van der Waals surface area contributed by atoms with E-state index in [0.29, 0.717) is 35.1 Å². The normalized spacial score (nSPS) is 10.5. The molecule has 0 unspecified atom stereocenters. The van der Waals surface area contributed by atoms with Gasteiger partial charge in [-0.25, -0.2) is 0 Å². The number of nitrogens with one attached hydrogen (secondary N) is 1. The van der Waals surface area contributed by atoms with E-state index in [9.17, 15) is 4.79 Å². The Labute approximate surface area is 133 Å². The molecule has 23 heavy (non-hydrogen) atoms. The van der Waals surface area contributed by atoms with Gasteiger partial charge < -0.3 is 19.0 Å². The topological polar surface area (TPSA) is 77.5 Å². The number of furan rings is 1. The van der Waals surface area contributed by atoms with Crippen LogP contribution in [-0.2, 0) is 6.54 Å². The molecule has 0 saturated carbocycles. The summed E-state index contributed by atoms with van der Waals surface area (Å²) in [6, 6.07) is 12.4. The Balaban J connectivity index is 1.65. The quantitative estimate of drug-likeness (QED) is 0.756. The van der Waals surface area contributed by atoms with Gasteiger partial charge in [0.1, 0.15) is 11.4 Å². The van der Waals surface area contributed by atoms with Crippen molar-refractivity contribution in [2.75, 3.05) is 6.61 Å². The summed E-state index contributed by atoms with van der Waals surface area (Å²) < 4.78 is 15.9. The number of ether oxygens (including phenoxy) is 1. The van der Waals surface area contributed by atoms with Gasteiger partial charge in [0.05, 0.1) is 25.0 Å². The number of amides is 1. The Hall–Kier alpha value is -3.02. The number of nitrogens with zero attached hydrogens (tertiary/aromatic N) is 1. The Kier molecular flexibility index (Phi) is 4.42. The molecule has 0 aliphatic carbocycles. The first-order chi connectivity index (χ1) is 11.3. The van der Waals surface area contributed by atoms with Crippen molar-refractivity contribution in [3.05, 3.63) is 60.0 Å². The zero-order valence-corrected chi connectivity index (χ0v) is 12.6. The molecular weight excluding hydrogens is 296 g/mol. The number of carbonyl (C=O) groups excluding carboxylic acids is 1. The van der Waals surface area contributed by atoms with Gasteiger partial charge in [0.25, 0.3) is 5.91 Å². The molecular formula is C17H16N2O4. The fraction of sp³-hybridized carbons (Fsp3) is 0.176. The monoisotopic (exact) mass is 312 g/mol. The van der Waals surface area contributed by atoms with Crippen molar-refractivity contribution in [2.24, 2.45) is 0 Å². The van der Waals surface area contributed by atoms with E-state index < -0.39 is 0 Å². The van der Waals surface area contributed by atoms with Gasteiger partial charge in [0, 0.05) is 6.07 Å². The molecule has 0 spiro atoms. The average molecular weight is 312 g/mol. The summed E-state index contributed by atoms with van der Waals surface area (Å²) in [5, 5.41) is 6.72. The molecule has 118 valence electrons. The number of hydrogen-bond acceptors (Lipinski definition) is 5. The van der Waals surface area contributed by atoms with Crippen molar-refractivity contribution in [2.45, 2.75) is 13.5 Å². The summed E-state index contributed by atoms with van der Waals surface area (Å²) in [5.41, 5.74) is 1.10. The first-order valence-corrected chi connectivity index (χ1v) is 7.27. The van der Waals surface area contributed by atoms with Crippen molar-refractivity contribution < 1.29 is 18.5 Å². The van der Waals surface area contributed by atoms with E-state index in [1.54, 1.807) is 42.7 Å². The maximum absolute atomic E-state index is 12.3. The summed E-state index contributed by atoms with van der Waals surface area (Å²) in [4.78, 5) is 12.3. The second kappa shape index (κ2) is 6.83. The van der Waals surface area contributed by atoms with Crippen LogP contribution in [-0.4, -0.2) is 17.7 Å². The van der Waals surface area contributed by atoms with Crippen LogP contribution in [0.25, 0.3) is 11.5 Å². The van der Waals surface area contributed by atoms with Gasteiger partial charge in [-0.2, -0.15) is 0 Å². The molecule has 0 bridgehead atoms. The van der Waals surface area contributed by atoms with Crippen LogP contribution in [0.4, 0.5) is 0 Å². The minimum absolute atomic E-state index is 0.225. The second-order valence-corrected chi connectivity index (χ2v) is 4.77. The number of hydrogen-bond donors (Lipinski definition) is 1. The van der Waals surface area contributed by atoms with Gasteiger partial charge in [0.2, 0.25) is 5.76 Å². The molecule has 1 amide bonds. The van der Waals surface area contributed by atoms with Gasteiger partial charge in [0.15, 0.2) is 5.76 Å². The van der Waals surface area contributed by atoms with Gasteiger partial charge in [-0.05, 0) is 31.2 Å². The van der Waals surface area contributed by atoms with Crippen LogP contribution in [0.3, 0.4) is 0 Å². The van der Waals surface area contributed by atoms with Crippen molar-refractivity contribution in [1.29, 1.82) is 0 Å². The van der Waals surface area contributed by atoms with Crippen LogP contribution in [0, 0.1) is 0 Å². The van der Waals surface area contributed by atoms with Crippen LogP contribution in [0.2, 0.25) is 0 Å². The van der Waals surface area contributed by atoms with Crippen molar-refractivity contribution >= 4 is 5.91 Å². The Morgan fingerprint density at radius 3 is 2.87 bits per heavy atom. The van der Waals surface area contributed by atoms with E-state index in [0.717, 1.165) is 0 Å². The Bertz CT molecular complexity index is 778. The lowest BCUT2D eigenvalue weighted by Gasteiger charge is -2.09. The number of carbonyl (C=O) groups is 1. The smallest absolute Gasteiger partial charge is 0.255 e. The zero-order chi connectivity index (χ0) is 16.1. The minimum atomic E-state index is -0.225. The van der Waals surface area contributed by atoms with Crippen LogP contribution >= 0.6 is 0 Å². The fourth-order valence-electron chi connectivity index (χ4n) is 2.13. The zero-order valence-electron chi connectivity index (χ0n) is 12.6. The third-order valence-corrected chi connectivity index (χ3v) is 3.18. The molecule has 0 atom stereocenters. The molecule has 0 fully saturated rings. The lowest BCUT2D eigenvalue weighted by molar-refractivity contribution is 0.0946. The van der Waals surface area contributed by atoms with E-state index in [2.05, 4.69) is 10.5 Å². The van der Waals surface area contributed by atoms with Gasteiger partial charge in [-0.1, -0.05) is 17.3 Å². The fourth-order valence-corrected chi connectivity index (χ4v) is 2.13. The van der Waals surface area contributed by atoms with E-state index in [-0.39, 0.29) is 12.5 Å². The lowest BCUT2D eigenvalue weighted by atomic mass is 10.2. The highest BCUT2D eigenvalue weighted by Crippen LogP contribution is 2.21. The number of rotatable bonds is 6. The molecule has 0 radical (unpaired) electrons. The Morgan fingerprint density at radius 1 is 1.22 bits per heavy atom. The molecule has 6 heteroatoms. The molecule has 0 saturated heterocycles. The average Bonchev–Trinajstić information content (AvgIpc) is 3.24. The van der Waals surface area contributed by atoms with E-state index in [1.807, 2.05) is 13.0 Å². The molecule has 3 rings (SSSR count). The van der Waals surface area contributed by atoms with Gasteiger partial charge in [-0.15, -0.1) is 0 Å². The summed E-state index contributed by atoms with van der Waals surface area (Å²) in [6.07, 6.45) is 1.56. The van der Waals surface area contributed by atoms with E-state index in [1.165, 1.54) is 0 Å². The molecule has 3 aromatic rings. The molecule has 2 aromatic heterocycles. The standard InChI is InChI=1S/C17H16N2O4/c1-2-21-14-7-4-3-6-13(14)17(20)18-11-12-10-16(23-19-12)15-8-5-9-22-15/h3-10H,2,11H2,1H3,(H,18,20). The Morgan fingerprint density at radius 2 is 2.09 bits per heavy atom. The van der Waals surface area contributed by atoms with Crippen LogP contribution in [0.1, 0.15) is 23.0 Å². The highest BCUT2D eigenvalue weighted by Gasteiger charge is 2.13. The van der Waals surface area contributed by atoms with E-state index in [4.69, 9.17) is 13.7 Å². The molecule has 0 aliphatic rings. The van der Waals surface area contributed by atoms with Crippen LogP contribution in [0.5, 0.6) is 5.75 Å². The van der Waals surface area contributed by atoms with Crippen molar-refractivity contribution in [3.63, 3.8) is 0 Å². The molecule has 0 aliphatic heterocycles. The highest BCUT2D eigenvalue weighted by molar-refractivity contribution is 5.96. The van der Waals surface area contributed by atoms with Crippen molar-refractivity contribution in [1.82, 2.24) is 10.5 Å². The molecule has 1 aromatic carbocycles. The number of benzene rings is 1. The molecule has 1 N–H and O–H groups in total. The molecule has 2 heterocycles. The molecule has 6 nitrogen and oxygen atoms in total. The minimum Gasteiger partial charge on any atom is -0.493 e. The van der Waals surface area contributed by atoms with Gasteiger partial charge in [-0.3, -0.25) is 4.79 Å².